The number of nitrogens with zero attached hydrogens (tertiary/aromatic N) is 1. The monoisotopic (exact) mass is 308 g/mol. The molecule has 6 heteroatoms. The van der Waals surface area contributed by atoms with Crippen LogP contribution in [0.3, 0.4) is 0 Å². The molecule has 0 aromatic carbocycles. The van der Waals surface area contributed by atoms with Gasteiger partial charge in [0.15, 0.2) is 5.13 Å². The number of hydrogen-bond donors (Lipinski definition) is 1. The second kappa shape index (κ2) is 5.93. The topological polar surface area (TPSA) is 51.2 Å². The van der Waals surface area contributed by atoms with Gasteiger partial charge < -0.3 is 10.1 Å². The third-order valence-corrected chi connectivity index (χ3v) is 5.03. The molecule has 0 saturated heterocycles. The van der Waals surface area contributed by atoms with Crippen molar-refractivity contribution < 1.29 is 9.53 Å². The van der Waals surface area contributed by atoms with E-state index in [0.717, 1.165) is 35.8 Å². The van der Waals surface area contributed by atoms with Crippen molar-refractivity contribution in [1.82, 2.24) is 4.98 Å². The molecule has 1 aliphatic carbocycles. The number of anilines is 2. The number of carbonyl (C=O) groups excluding carboxylic acids is 1. The molecule has 0 saturated carbocycles. The lowest BCUT2D eigenvalue weighted by atomic mass is 9.91. The van der Waals surface area contributed by atoms with Gasteiger partial charge in [-0.05, 0) is 37.6 Å². The van der Waals surface area contributed by atoms with E-state index in [1.54, 1.807) is 22.7 Å². The van der Waals surface area contributed by atoms with Crippen molar-refractivity contribution in [3.63, 3.8) is 0 Å². The lowest BCUT2D eigenvalue weighted by Crippen LogP contribution is -2.20. The Morgan fingerprint density at radius 1 is 1.60 bits per heavy atom. The van der Waals surface area contributed by atoms with Gasteiger partial charge in [-0.2, -0.15) is 11.3 Å². The molecule has 1 atom stereocenters. The summed E-state index contributed by atoms with van der Waals surface area (Å²) < 4.78 is 5.16. The highest BCUT2D eigenvalue weighted by Gasteiger charge is 2.31. The lowest BCUT2D eigenvalue weighted by molar-refractivity contribution is -0.145. The fourth-order valence-electron chi connectivity index (χ4n) is 2.40. The SMILES string of the molecule is CCOC(=O)C1CCCc2sc(Nc3ccsc3)nc21. The zero-order valence-electron chi connectivity index (χ0n) is 11.2. The Morgan fingerprint density at radius 2 is 2.50 bits per heavy atom. The number of rotatable bonds is 4. The maximum absolute atomic E-state index is 12.0. The lowest BCUT2D eigenvalue weighted by Gasteiger charge is -2.19. The van der Waals surface area contributed by atoms with Crippen LogP contribution in [0.1, 0.15) is 36.3 Å². The number of hydrogen-bond acceptors (Lipinski definition) is 6. The minimum atomic E-state index is -0.187. The van der Waals surface area contributed by atoms with Crippen LogP contribution in [0.2, 0.25) is 0 Å². The maximum atomic E-state index is 12.0. The largest absolute Gasteiger partial charge is 0.465 e. The summed E-state index contributed by atoms with van der Waals surface area (Å²) >= 11 is 3.29. The normalized spacial score (nSPS) is 17.6. The van der Waals surface area contributed by atoms with Gasteiger partial charge in [0.05, 0.1) is 18.0 Å². The average Bonchev–Trinajstić information content (AvgIpc) is 3.07. The third-order valence-electron chi connectivity index (χ3n) is 3.30. The van der Waals surface area contributed by atoms with Crippen molar-refractivity contribution >= 4 is 39.5 Å². The van der Waals surface area contributed by atoms with Gasteiger partial charge >= 0.3 is 5.97 Å². The van der Waals surface area contributed by atoms with E-state index >= 15 is 0 Å². The predicted molar refractivity (Wildman–Crippen MR) is 82.0 cm³/mol. The molecule has 0 radical (unpaired) electrons. The van der Waals surface area contributed by atoms with Crippen molar-refractivity contribution in [2.75, 3.05) is 11.9 Å². The number of thiazole rings is 1. The Hall–Kier alpha value is -1.40. The van der Waals surface area contributed by atoms with Gasteiger partial charge in [-0.15, -0.1) is 11.3 Å². The highest BCUT2D eigenvalue weighted by Crippen LogP contribution is 2.38. The summed E-state index contributed by atoms with van der Waals surface area (Å²) in [6.45, 7) is 2.26. The summed E-state index contributed by atoms with van der Waals surface area (Å²) in [6.07, 6.45) is 2.87. The van der Waals surface area contributed by atoms with Crippen LogP contribution in [0.4, 0.5) is 10.8 Å². The van der Waals surface area contributed by atoms with E-state index in [1.165, 1.54) is 4.88 Å². The van der Waals surface area contributed by atoms with Gasteiger partial charge in [0.2, 0.25) is 0 Å². The van der Waals surface area contributed by atoms with Crippen molar-refractivity contribution in [2.24, 2.45) is 0 Å². The first-order valence-electron chi connectivity index (χ1n) is 6.73. The molecule has 3 rings (SSSR count). The first-order valence-corrected chi connectivity index (χ1v) is 8.49. The number of esters is 1. The quantitative estimate of drug-likeness (QED) is 0.869. The summed E-state index contributed by atoms with van der Waals surface area (Å²) in [5.74, 6) is -0.325. The number of fused-ring (bicyclic) bond motifs is 1. The Labute approximate surface area is 125 Å². The van der Waals surface area contributed by atoms with Crippen molar-refractivity contribution in [3.05, 3.63) is 27.4 Å². The summed E-state index contributed by atoms with van der Waals surface area (Å²) in [7, 11) is 0. The highest BCUT2D eigenvalue weighted by atomic mass is 32.1. The Bertz CT molecular complexity index is 592. The molecule has 20 heavy (non-hydrogen) atoms. The van der Waals surface area contributed by atoms with E-state index in [-0.39, 0.29) is 11.9 Å². The van der Waals surface area contributed by atoms with E-state index in [9.17, 15) is 4.79 Å². The average molecular weight is 308 g/mol. The number of nitrogens with one attached hydrogen (secondary N) is 1. The molecular formula is C14H16N2O2S2. The minimum Gasteiger partial charge on any atom is -0.465 e. The first-order chi connectivity index (χ1) is 9.78. The van der Waals surface area contributed by atoms with Gasteiger partial charge in [-0.25, -0.2) is 4.98 Å². The van der Waals surface area contributed by atoms with Crippen LogP contribution < -0.4 is 5.32 Å². The number of ether oxygens (including phenoxy) is 1. The molecular weight excluding hydrogens is 292 g/mol. The second-order valence-electron chi connectivity index (χ2n) is 4.66. The van der Waals surface area contributed by atoms with Crippen molar-refractivity contribution in [2.45, 2.75) is 32.1 Å². The molecule has 0 fully saturated rings. The number of aryl methyl sites for hydroxylation is 1. The molecule has 2 heterocycles. The molecule has 1 N–H and O–H groups in total. The molecule has 2 aromatic rings. The first kappa shape index (κ1) is 13.6. The van der Waals surface area contributed by atoms with Crippen LogP contribution in [0, 0.1) is 0 Å². The fourth-order valence-corrected chi connectivity index (χ4v) is 4.08. The smallest absolute Gasteiger partial charge is 0.315 e. The van der Waals surface area contributed by atoms with E-state index in [1.807, 2.05) is 23.8 Å². The second-order valence-corrected chi connectivity index (χ2v) is 6.52. The van der Waals surface area contributed by atoms with E-state index in [0.29, 0.717) is 6.61 Å². The molecule has 106 valence electrons. The van der Waals surface area contributed by atoms with Crippen LogP contribution in [-0.2, 0) is 16.0 Å². The van der Waals surface area contributed by atoms with E-state index in [4.69, 9.17) is 4.74 Å². The fraction of sp³-hybridized carbons (Fsp3) is 0.429. The number of thiophene rings is 1. The van der Waals surface area contributed by atoms with Crippen LogP contribution in [0.15, 0.2) is 16.8 Å². The molecule has 0 amide bonds. The van der Waals surface area contributed by atoms with Crippen LogP contribution in [0.25, 0.3) is 0 Å². The summed E-state index contributed by atoms with van der Waals surface area (Å²) in [4.78, 5) is 17.8. The van der Waals surface area contributed by atoms with E-state index < -0.39 is 0 Å². The van der Waals surface area contributed by atoms with Crippen molar-refractivity contribution in [1.29, 1.82) is 0 Å². The summed E-state index contributed by atoms with van der Waals surface area (Å²) in [5.41, 5.74) is 1.96. The van der Waals surface area contributed by atoms with Gasteiger partial charge in [-0.1, -0.05) is 0 Å². The van der Waals surface area contributed by atoms with Crippen LogP contribution in [0.5, 0.6) is 0 Å². The zero-order valence-corrected chi connectivity index (χ0v) is 12.9. The highest BCUT2D eigenvalue weighted by molar-refractivity contribution is 7.15. The predicted octanol–water partition coefficient (Wildman–Crippen LogP) is 3.93. The molecule has 0 aliphatic heterocycles. The van der Waals surface area contributed by atoms with Gasteiger partial charge in [0.25, 0.3) is 0 Å². The van der Waals surface area contributed by atoms with Crippen LogP contribution in [-0.4, -0.2) is 17.6 Å². The minimum absolute atomic E-state index is 0.138. The van der Waals surface area contributed by atoms with Gasteiger partial charge in [0.1, 0.15) is 5.92 Å². The molecule has 1 unspecified atom stereocenters. The van der Waals surface area contributed by atoms with Crippen LogP contribution >= 0.6 is 22.7 Å². The van der Waals surface area contributed by atoms with Gasteiger partial charge in [0, 0.05) is 10.3 Å². The molecule has 4 nitrogen and oxygen atoms in total. The molecule has 1 aliphatic rings. The Balaban J connectivity index is 1.83. The molecule has 0 bridgehead atoms. The zero-order chi connectivity index (χ0) is 13.9. The number of carbonyl (C=O) groups is 1. The van der Waals surface area contributed by atoms with E-state index in [2.05, 4.69) is 10.3 Å². The summed E-state index contributed by atoms with van der Waals surface area (Å²) in [5, 5.41) is 8.23. The third kappa shape index (κ3) is 2.71. The molecule has 0 spiro atoms. The Morgan fingerprint density at radius 3 is 3.25 bits per heavy atom. The van der Waals surface area contributed by atoms with Gasteiger partial charge in [-0.3, -0.25) is 4.79 Å². The summed E-state index contributed by atoms with van der Waals surface area (Å²) in [6, 6.07) is 2.02. The standard InChI is InChI=1S/C14H16N2O2S2/c1-2-18-13(17)10-4-3-5-11-12(10)16-14(20-11)15-9-6-7-19-8-9/h6-8,10H,2-5H2,1H3,(H,15,16). The Kier molecular flexibility index (Phi) is 4.03. The maximum Gasteiger partial charge on any atom is 0.315 e. The van der Waals surface area contributed by atoms with Crippen molar-refractivity contribution in [3.8, 4) is 0 Å². The number of aromatic nitrogens is 1. The molecule has 2 aromatic heterocycles.